The number of aryl methyl sites for hydroxylation is 1. The van der Waals surface area contributed by atoms with Gasteiger partial charge in [0.15, 0.2) is 0 Å². The van der Waals surface area contributed by atoms with Gasteiger partial charge in [-0.1, -0.05) is 6.07 Å². The molecule has 1 atom stereocenters. The molecule has 128 valence electrons. The lowest BCUT2D eigenvalue weighted by Gasteiger charge is -2.32. The van der Waals surface area contributed by atoms with E-state index in [1.807, 2.05) is 25.3 Å². The Bertz CT molecular complexity index is 974. The molecule has 3 aromatic heterocycles. The van der Waals surface area contributed by atoms with E-state index in [9.17, 15) is 9.59 Å². The molecular formula is C17H17N5O3. The number of hydrogen-bond acceptors (Lipinski definition) is 5. The van der Waals surface area contributed by atoms with Crippen LogP contribution in [0.4, 0.5) is 0 Å². The number of ether oxygens (including phenoxy) is 1. The monoisotopic (exact) mass is 339 g/mol. The first kappa shape index (κ1) is 15.4. The van der Waals surface area contributed by atoms with Crippen molar-refractivity contribution in [3.63, 3.8) is 0 Å². The van der Waals surface area contributed by atoms with Gasteiger partial charge >= 0.3 is 5.97 Å². The summed E-state index contributed by atoms with van der Waals surface area (Å²) in [5.41, 5.74) is 3.60. The molecule has 0 saturated heterocycles. The maximum Gasteiger partial charge on any atom is 0.329 e. The molecule has 1 N–H and O–H groups in total. The molecule has 8 heteroatoms. The molecule has 8 nitrogen and oxygen atoms in total. The van der Waals surface area contributed by atoms with E-state index >= 15 is 0 Å². The third-order valence-corrected chi connectivity index (χ3v) is 4.53. The zero-order valence-corrected chi connectivity index (χ0v) is 13.9. The fourth-order valence-corrected chi connectivity index (χ4v) is 3.20. The summed E-state index contributed by atoms with van der Waals surface area (Å²) >= 11 is 0. The number of aromatic amines is 1. The van der Waals surface area contributed by atoms with Crippen LogP contribution in [0.5, 0.6) is 0 Å². The number of amides is 1. The molecule has 25 heavy (non-hydrogen) atoms. The Kier molecular flexibility index (Phi) is 3.52. The third kappa shape index (κ3) is 2.46. The summed E-state index contributed by atoms with van der Waals surface area (Å²) < 4.78 is 6.69. The number of aromatic nitrogens is 4. The number of nitrogens with zero attached hydrogens (tertiary/aromatic N) is 4. The van der Waals surface area contributed by atoms with Crippen LogP contribution in [-0.4, -0.2) is 49.3 Å². The first-order chi connectivity index (χ1) is 12.1. The van der Waals surface area contributed by atoms with E-state index in [4.69, 9.17) is 4.74 Å². The molecule has 1 amide bonds. The average Bonchev–Trinajstić information content (AvgIpc) is 3.26. The van der Waals surface area contributed by atoms with Crippen LogP contribution in [0.1, 0.15) is 27.4 Å². The van der Waals surface area contributed by atoms with Crippen molar-refractivity contribution in [3.05, 3.63) is 53.5 Å². The first-order valence-corrected chi connectivity index (χ1v) is 7.92. The molecule has 0 aliphatic carbocycles. The van der Waals surface area contributed by atoms with Gasteiger partial charge in [0.25, 0.3) is 5.91 Å². The maximum absolute atomic E-state index is 13.1. The van der Waals surface area contributed by atoms with Gasteiger partial charge in [0.05, 0.1) is 31.4 Å². The van der Waals surface area contributed by atoms with Crippen LogP contribution < -0.4 is 0 Å². The smallest absolute Gasteiger partial charge is 0.329 e. The van der Waals surface area contributed by atoms with E-state index in [-0.39, 0.29) is 12.5 Å². The fourth-order valence-electron chi connectivity index (χ4n) is 3.20. The summed E-state index contributed by atoms with van der Waals surface area (Å²) in [5.74, 6) is -0.763. The molecule has 0 aromatic carbocycles. The second-order valence-corrected chi connectivity index (χ2v) is 6.05. The van der Waals surface area contributed by atoms with Gasteiger partial charge in [0, 0.05) is 18.8 Å². The lowest BCUT2D eigenvalue weighted by atomic mass is 10.0. The lowest BCUT2D eigenvalue weighted by Crippen LogP contribution is -2.49. The second-order valence-electron chi connectivity index (χ2n) is 6.05. The van der Waals surface area contributed by atoms with Crippen molar-refractivity contribution in [1.82, 2.24) is 24.3 Å². The molecule has 0 fully saturated rings. The number of methoxy groups -OCH3 is 1. The Morgan fingerprint density at radius 1 is 1.40 bits per heavy atom. The summed E-state index contributed by atoms with van der Waals surface area (Å²) in [6.07, 6.45) is 5.42. The van der Waals surface area contributed by atoms with Gasteiger partial charge in [-0.25, -0.2) is 14.8 Å². The largest absolute Gasteiger partial charge is 0.467 e. The zero-order chi connectivity index (χ0) is 17.6. The van der Waals surface area contributed by atoms with Crippen molar-refractivity contribution >= 4 is 17.5 Å². The van der Waals surface area contributed by atoms with E-state index in [1.165, 1.54) is 12.0 Å². The number of rotatable bonds is 2. The number of pyridine rings is 1. The topological polar surface area (TPSA) is 92.6 Å². The van der Waals surface area contributed by atoms with Crippen molar-refractivity contribution in [2.45, 2.75) is 25.9 Å². The minimum Gasteiger partial charge on any atom is -0.467 e. The number of H-pyrrole nitrogens is 1. The third-order valence-electron chi connectivity index (χ3n) is 4.53. The Morgan fingerprint density at radius 2 is 2.24 bits per heavy atom. The number of hydrogen-bond donors (Lipinski definition) is 1. The van der Waals surface area contributed by atoms with E-state index in [1.54, 1.807) is 16.9 Å². The highest BCUT2D eigenvalue weighted by Crippen LogP contribution is 2.23. The quantitative estimate of drug-likeness (QED) is 0.706. The Labute approximate surface area is 143 Å². The predicted octanol–water partition coefficient (Wildman–Crippen LogP) is 1.11. The summed E-state index contributed by atoms with van der Waals surface area (Å²) in [7, 11) is 1.32. The lowest BCUT2D eigenvalue weighted by molar-refractivity contribution is -0.146. The van der Waals surface area contributed by atoms with Crippen LogP contribution >= 0.6 is 0 Å². The molecule has 1 aliphatic rings. The van der Waals surface area contributed by atoms with Crippen LogP contribution in [0.3, 0.4) is 0 Å². The normalized spacial score (nSPS) is 16.7. The highest BCUT2D eigenvalue weighted by Gasteiger charge is 2.37. The maximum atomic E-state index is 13.1. The van der Waals surface area contributed by atoms with E-state index in [0.717, 1.165) is 22.6 Å². The molecule has 4 heterocycles. The SMILES string of the molecule is COC(=O)[C@@H]1Cc2nc[nH]c2CN1C(=O)c1cn2cccc(C)c2n1. The number of imidazole rings is 2. The van der Waals surface area contributed by atoms with Gasteiger partial charge < -0.3 is 19.0 Å². The number of fused-ring (bicyclic) bond motifs is 2. The molecule has 4 rings (SSSR count). The Hall–Kier alpha value is -3.16. The van der Waals surface area contributed by atoms with Crippen molar-refractivity contribution in [2.24, 2.45) is 0 Å². The Balaban J connectivity index is 1.73. The highest BCUT2D eigenvalue weighted by atomic mass is 16.5. The van der Waals surface area contributed by atoms with Crippen LogP contribution in [0, 0.1) is 6.92 Å². The summed E-state index contributed by atoms with van der Waals surface area (Å²) in [6.45, 7) is 2.20. The minimum atomic E-state index is -0.709. The fraction of sp³-hybridized carbons (Fsp3) is 0.294. The molecule has 0 bridgehead atoms. The van der Waals surface area contributed by atoms with Crippen LogP contribution in [0.15, 0.2) is 30.9 Å². The summed E-state index contributed by atoms with van der Waals surface area (Å²) in [6, 6.07) is 3.12. The van der Waals surface area contributed by atoms with Crippen molar-refractivity contribution < 1.29 is 14.3 Å². The summed E-state index contributed by atoms with van der Waals surface area (Å²) in [4.78, 5) is 38.4. The number of nitrogens with one attached hydrogen (secondary N) is 1. The predicted molar refractivity (Wildman–Crippen MR) is 87.9 cm³/mol. The molecule has 0 radical (unpaired) electrons. The van der Waals surface area contributed by atoms with Gasteiger partial charge in [-0.15, -0.1) is 0 Å². The average molecular weight is 339 g/mol. The van der Waals surface area contributed by atoms with Gasteiger partial charge in [-0.05, 0) is 18.6 Å². The van der Waals surface area contributed by atoms with Crippen LogP contribution in [0.2, 0.25) is 0 Å². The first-order valence-electron chi connectivity index (χ1n) is 7.92. The number of esters is 1. The van der Waals surface area contributed by atoms with Crippen molar-refractivity contribution in [2.75, 3.05) is 7.11 Å². The van der Waals surface area contributed by atoms with Gasteiger partial charge in [-0.3, -0.25) is 4.79 Å². The second kappa shape index (κ2) is 5.73. The van der Waals surface area contributed by atoms with Gasteiger partial charge in [-0.2, -0.15) is 0 Å². The standard InChI is InChI=1S/C17H17N5O3/c1-10-4-3-5-21-7-13(20-15(10)21)16(23)22-8-12-11(18-9-19-12)6-14(22)17(24)25-2/h3-5,7,9,14H,6,8H2,1-2H3,(H,18,19)/t14-/m0/s1. The van der Waals surface area contributed by atoms with Crippen LogP contribution in [0.25, 0.3) is 5.65 Å². The summed E-state index contributed by atoms with van der Waals surface area (Å²) in [5, 5.41) is 0. The van der Waals surface area contributed by atoms with E-state index in [2.05, 4.69) is 15.0 Å². The van der Waals surface area contributed by atoms with Crippen molar-refractivity contribution in [1.29, 1.82) is 0 Å². The molecule has 0 saturated carbocycles. The van der Waals surface area contributed by atoms with E-state index < -0.39 is 12.0 Å². The Morgan fingerprint density at radius 3 is 3.00 bits per heavy atom. The van der Waals surface area contributed by atoms with Crippen molar-refractivity contribution in [3.8, 4) is 0 Å². The number of carbonyl (C=O) groups is 2. The zero-order valence-electron chi connectivity index (χ0n) is 13.9. The van der Waals surface area contributed by atoms with Crippen LogP contribution in [-0.2, 0) is 22.5 Å². The van der Waals surface area contributed by atoms with E-state index in [0.29, 0.717) is 12.1 Å². The van der Waals surface area contributed by atoms with Gasteiger partial charge in [0.2, 0.25) is 0 Å². The molecule has 0 spiro atoms. The molecule has 0 unspecified atom stereocenters. The number of carbonyl (C=O) groups excluding carboxylic acids is 2. The molecular weight excluding hydrogens is 322 g/mol. The van der Waals surface area contributed by atoms with Gasteiger partial charge in [0.1, 0.15) is 17.4 Å². The minimum absolute atomic E-state index is 0.265. The molecule has 3 aromatic rings. The molecule has 1 aliphatic heterocycles. The highest BCUT2D eigenvalue weighted by molar-refractivity contribution is 5.96.